The number of anilines is 1. The number of nitrogens with zero attached hydrogens (tertiary/aromatic N) is 2. The first-order valence-electron chi connectivity index (χ1n) is 6.92. The van der Waals surface area contributed by atoms with E-state index in [1.165, 1.54) is 12.1 Å². The molecule has 1 aliphatic rings. The second-order valence-electron chi connectivity index (χ2n) is 4.98. The van der Waals surface area contributed by atoms with Crippen molar-refractivity contribution in [2.75, 3.05) is 38.2 Å². The quantitative estimate of drug-likeness (QED) is 0.658. The molecule has 0 radical (unpaired) electrons. The van der Waals surface area contributed by atoms with Gasteiger partial charge in [-0.25, -0.2) is 0 Å². The molecule has 1 amide bonds. The van der Waals surface area contributed by atoms with Crippen LogP contribution in [0.2, 0.25) is 0 Å². The maximum atomic E-state index is 12.0. The average molecular weight is 293 g/mol. The second kappa shape index (κ2) is 7.03. The molecule has 1 aromatic rings. The molecule has 1 N–H and O–H groups in total. The van der Waals surface area contributed by atoms with E-state index in [2.05, 4.69) is 5.32 Å². The monoisotopic (exact) mass is 293 g/mol. The van der Waals surface area contributed by atoms with Crippen LogP contribution in [0.1, 0.15) is 12.0 Å². The van der Waals surface area contributed by atoms with Gasteiger partial charge in [-0.3, -0.25) is 14.9 Å². The van der Waals surface area contributed by atoms with Crippen LogP contribution in [0.25, 0.3) is 0 Å². The van der Waals surface area contributed by atoms with Gasteiger partial charge in [0.15, 0.2) is 0 Å². The van der Waals surface area contributed by atoms with Crippen molar-refractivity contribution in [3.63, 3.8) is 0 Å². The Bertz CT molecular complexity index is 527. The van der Waals surface area contributed by atoms with E-state index in [1.807, 2.05) is 6.07 Å². The fourth-order valence-electron chi connectivity index (χ4n) is 2.25. The van der Waals surface area contributed by atoms with Crippen molar-refractivity contribution < 1.29 is 14.5 Å². The fraction of sp³-hybridized carbons (Fsp3) is 0.500. The molecule has 7 heteroatoms. The summed E-state index contributed by atoms with van der Waals surface area (Å²) in [7, 11) is 0. The van der Waals surface area contributed by atoms with Gasteiger partial charge in [0.05, 0.1) is 18.1 Å². The third-order valence-corrected chi connectivity index (χ3v) is 3.30. The van der Waals surface area contributed by atoms with Crippen molar-refractivity contribution in [3.8, 4) is 0 Å². The number of aryl methyl sites for hydroxylation is 1. The van der Waals surface area contributed by atoms with E-state index in [0.29, 0.717) is 45.0 Å². The van der Waals surface area contributed by atoms with Gasteiger partial charge in [-0.15, -0.1) is 0 Å². The molecule has 1 aliphatic heterocycles. The van der Waals surface area contributed by atoms with E-state index in [9.17, 15) is 14.9 Å². The minimum atomic E-state index is -0.420. The Hall–Kier alpha value is -2.15. The Kier molecular flexibility index (Phi) is 5.10. The molecule has 1 saturated heterocycles. The van der Waals surface area contributed by atoms with Gasteiger partial charge in [0.25, 0.3) is 5.69 Å². The standard InChI is InChI=1S/C14H19N3O4/c1-11-8-12(10-13(9-11)17(19)20)15-3-2-14(18)16-4-6-21-7-5-16/h8-10,15H,2-7H2,1H3. The molecule has 2 rings (SSSR count). The fourth-order valence-corrected chi connectivity index (χ4v) is 2.25. The van der Waals surface area contributed by atoms with Crippen LogP contribution in [-0.4, -0.2) is 48.6 Å². The van der Waals surface area contributed by atoms with E-state index < -0.39 is 4.92 Å². The lowest BCUT2D eigenvalue weighted by Crippen LogP contribution is -2.41. The summed E-state index contributed by atoms with van der Waals surface area (Å²) in [6, 6.07) is 4.82. The Balaban J connectivity index is 1.85. The Labute approximate surface area is 123 Å². The highest BCUT2D eigenvalue weighted by Gasteiger charge is 2.16. The molecule has 0 aliphatic carbocycles. The minimum absolute atomic E-state index is 0.0528. The van der Waals surface area contributed by atoms with Crippen molar-refractivity contribution in [2.45, 2.75) is 13.3 Å². The maximum Gasteiger partial charge on any atom is 0.271 e. The van der Waals surface area contributed by atoms with Crippen LogP contribution in [0.5, 0.6) is 0 Å². The van der Waals surface area contributed by atoms with Crippen LogP contribution in [-0.2, 0) is 9.53 Å². The zero-order valence-electron chi connectivity index (χ0n) is 12.0. The van der Waals surface area contributed by atoms with Crippen LogP contribution in [0.15, 0.2) is 18.2 Å². The number of hydrogen-bond donors (Lipinski definition) is 1. The molecule has 0 spiro atoms. The molecule has 114 valence electrons. The molecule has 0 unspecified atom stereocenters. The van der Waals surface area contributed by atoms with Crippen LogP contribution < -0.4 is 5.32 Å². The van der Waals surface area contributed by atoms with Gasteiger partial charge in [0.1, 0.15) is 0 Å². The van der Waals surface area contributed by atoms with Crippen LogP contribution in [0, 0.1) is 17.0 Å². The molecule has 0 saturated carbocycles. The number of nitro groups is 1. The zero-order valence-corrected chi connectivity index (χ0v) is 12.0. The SMILES string of the molecule is Cc1cc(NCCC(=O)N2CCOCC2)cc([N+](=O)[O-])c1. The number of carbonyl (C=O) groups excluding carboxylic acids is 1. The molecular formula is C14H19N3O4. The average Bonchev–Trinajstić information content (AvgIpc) is 2.47. The first-order valence-corrected chi connectivity index (χ1v) is 6.92. The van der Waals surface area contributed by atoms with Gasteiger partial charge in [-0.2, -0.15) is 0 Å². The topological polar surface area (TPSA) is 84.7 Å². The highest BCUT2D eigenvalue weighted by molar-refractivity contribution is 5.76. The predicted molar refractivity (Wildman–Crippen MR) is 78.3 cm³/mol. The number of rotatable bonds is 5. The largest absolute Gasteiger partial charge is 0.384 e. The van der Waals surface area contributed by atoms with E-state index in [0.717, 1.165) is 5.56 Å². The lowest BCUT2D eigenvalue weighted by Gasteiger charge is -2.26. The number of nitrogens with one attached hydrogen (secondary N) is 1. The number of amides is 1. The maximum absolute atomic E-state index is 12.0. The lowest BCUT2D eigenvalue weighted by molar-refractivity contribution is -0.384. The number of non-ortho nitro benzene ring substituents is 1. The number of benzene rings is 1. The minimum Gasteiger partial charge on any atom is -0.384 e. The molecular weight excluding hydrogens is 274 g/mol. The first kappa shape index (κ1) is 15.2. The summed E-state index contributed by atoms with van der Waals surface area (Å²) in [5.74, 6) is 0.0768. The van der Waals surface area contributed by atoms with Crippen molar-refractivity contribution in [2.24, 2.45) is 0 Å². The predicted octanol–water partition coefficient (Wildman–Crippen LogP) is 1.56. The number of nitro benzene ring substituents is 1. The van der Waals surface area contributed by atoms with E-state index >= 15 is 0 Å². The molecule has 1 aromatic carbocycles. The summed E-state index contributed by atoms with van der Waals surface area (Å²) in [6.45, 7) is 4.70. The summed E-state index contributed by atoms with van der Waals surface area (Å²) in [6.07, 6.45) is 0.363. The van der Waals surface area contributed by atoms with Gasteiger partial charge in [-0.05, 0) is 18.6 Å². The highest BCUT2D eigenvalue weighted by Crippen LogP contribution is 2.20. The molecule has 0 atom stereocenters. The molecule has 1 fully saturated rings. The Morgan fingerprint density at radius 1 is 1.38 bits per heavy atom. The van der Waals surface area contributed by atoms with Crippen LogP contribution >= 0.6 is 0 Å². The molecule has 0 bridgehead atoms. The molecule has 0 aromatic heterocycles. The van der Waals surface area contributed by atoms with Crippen molar-refractivity contribution in [3.05, 3.63) is 33.9 Å². The summed E-state index contributed by atoms with van der Waals surface area (Å²) >= 11 is 0. The lowest BCUT2D eigenvalue weighted by atomic mass is 10.2. The van der Waals surface area contributed by atoms with Gasteiger partial charge >= 0.3 is 0 Å². The Morgan fingerprint density at radius 3 is 2.76 bits per heavy atom. The van der Waals surface area contributed by atoms with Crippen molar-refractivity contribution in [1.82, 2.24) is 4.90 Å². The second-order valence-corrected chi connectivity index (χ2v) is 4.98. The number of ether oxygens (including phenoxy) is 1. The molecule has 1 heterocycles. The third kappa shape index (κ3) is 4.42. The van der Waals surface area contributed by atoms with E-state index in [1.54, 1.807) is 11.8 Å². The van der Waals surface area contributed by atoms with E-state index in [-0.39, 0.29) is 11.6 Å². The van der Waals surface area contributed by atoms with Gasteiger partial charge in [0, 0.05) is 43.9 Å². The molecule has 21 heavy (non-hydrogen) atoms. The smallest absolute Gasteiger partial charge is 0.271 e. The number of morpholine rings is 1. The van der Waals surface area contributed by atoms with E-state index in [4.69, 9.17) is 4.74 Å². The summed E-state index contributed by atoms with van der Waals surface area (Å²) in [4.78, 5) is 24.1. The zero-order chi connectivity index (χ0) is 15.2. The summed E-state index contributed by atoms with van der Waals surface area (Å²) in [5.41, 5.74) is 1.53. The van der Waals surface area contributed by atoms with Gasteiger partial charge < -0.3 is 15.0 Å². The summed E-state index contributed by atoms with van der Waals surface area (Å²) < 4.78 is 5.20. The molecule has 7 nitrogen and oxygen atoms in total. The summed E-state index contributed by atoms with van der Waals surface area (Å²) in [5, 5.41) is 13.9. The number of carbonyl (C=O) groups is 1. The van der Waals surface area contributed by atoms with Crippen LogP contribution in [0.3, 0.4) is 0 Å². The Morgan fingerprint density at radius 2 is 2.10 bits per heavy atom. The highest BCUT2D eigenvalue weighted by atomic mass is 16.6. The van der Waals surface area contributed by atoms with Crippen molar-refractivity contribution >= 4 is 17.3 Å². The van der Waals surface area contributed by atoms with Crippen molar-refractivity contribution in [1.29, 1.82) is 0 Å². The number of hydrogen-bond acceptors (Lipinski definition) is 5. The third-order valence-electron chi connectivity index (χ3n) is 3.30. The van der Waals surface area contributed by atoms with Gasteiger partial charge in [-0.1, -0.05) is 0 Å². The van der Waals surface area contributed by atoms with Crippen LogP contribution in [0.4, 0.5) is 11.4 Å². The van der Waals surface area contributed by atoms with Gasteiger partial charge in [0.2, 0.25) is 5.91 Å². The normalized spacial score (nSPS) is 14.8. The first-order chi connectivity index (χ1) is 10.1.